The first-order valence-corrected chi connectivity index (χ1v) is 7.20. The third-order valence-corrected chi connectivity index (χ3v) is 3.82. The molecule has 3 rings (SSSR count). The summed E-state index contributed by atoms with van der Waals surface area (Å²) in [5.74, 6) is -0.161. The summed E-state index contributed by atoms with van der Waals surface area (Å²) >= 11 is 0. The van der Waals surface area contributed by atoms with Gasteiger partial charge in [0.05, 0.1) is 18.3 Å². The van der Waals surface area contributed by atoms with Crippen LogP contribution in [0.15, 0.2) is 42.7 Å². The van der Waals surface area contributed by atoms with E-state index in [1.165, 1.54) is 0 Å². The fourth-order valence-corrected chi connectivity index (χ4v) is 2.51. The molecule has 2 aromatic heterocycles. The Labute approximate surface area is 140 Å². The molecule has 0 saturated carbocycles. The third kappa shape index (κ3) is 3.72. The highest BCUT2D eigenvalue weighted by Gasteiger charge is 2.16. The number of nitrogens with one attached hydrogen (secondary N) is 2. The molecule has 6 nitrogen and oxygen atoms in total. The average molecular weight is 334 g/mol. The van der Waals surface area contributed by atoms with Gasteiger partial charge in [0, 0.05) is 30.3 Å². The van der Waals surface area contributed by atoms with Gasteiger partial charge in [-0.05, 0) is 24.1 Å². The van der Waals surface area contributed by atoms with Gasteiger partial charge in [0.15, 0.2) is 0 Å². The molecule has 2 heterocycles. The van der Waals surface area contributed by atoms with E-state index in [4.69, 9.17) is 5.73 Å². The molecule has 7 heteroatoms. The van der Waals surface area contributed by atoms with E-state index in [-0.39, 0.29) is 18.3 Å². The van der Waals surface area contributed by atoms with Crippen molar-refractivity contribution >= 4 is 29.2 Å². The van der Waals surface area contributed by atoms with Crippen LogP contribution < -0.4 is 11.1 Å². The van der Waals surface area contributed by atoms with E-state index < -0.39 is 6.04 Å². The maximum absolute atomic E-state index is 12.1. The van der Waals surface area contributed by atoms with E-state index in [1.807, 2.05) is 43.6 Å². The number of hydrogen-bond acceptors (Lipinski definition) is 3. The highest BCUT2D eigenvalue weighted by Crippen LogP contribution is 2.18. The number of aryl methyl sites for hydroxylation is 1. The molecule has 23 heavy (non-hydrogen) atoms. The number of nitrogens with zero attached hydrogens (tertiary/aromatic N) is 2. The molecule has 0 saturated heterocycles. The summed E-state index contributed by atoms with van der Waals surface area (Å²) in [5, 5.41) is 8.02. The quantitative estimate of drug-likeness (QED) is 0.661. The van der Waals surface area contributed by atoms with Crippen LogP contribution in [-0.2, 0) is 24.8 Å². The zero-order valence-electron chi connectivity index (χ0n) is 12.8. The lowest BCUT2D eigenvalue weighted by Gasteiger charge is -2.12. The summed E-state index contributed by atoms with van der Waals surface area (Å²) in [6, 6.07) is 9.28. The van der Waals surface area contributed by atoms with Crippen molar-refractivity contribution in [3.05, 3.63) is 54.0 Å². The lowest BCUT2D eigenvalue weighted by atomic mass is 10.1. The topological polar surface area (TPSA) is 88.7 Å². The van der Waals surface area contributed by atoms with Crippen molar-refractivity contribution in [1.29, 1.82) is 0 Å². The van der Waals surface area contributed by atoms with Crippen LogP contribution in [0.2, 0.25) is 0 Å². The molecule has 0 fully saturated rings. The Morgan fingerprint density at radius 2 is 2.17 bits per heavy atom. The normalized spacial score (nSPS) is 11.9. The summed E-state index contributed by atoms with van der Waals surface area (Å²) in [6.07, 6.45) is 4.12. The third-order valence-electron chi connectivity index (χ3n) is 3.82. The van der Waals surface area contributed by atoms with Crippen molar-refractivity contribution < 1.29 is 4.79 Å². The van der Waals surface area contributed by atoms with Crippen molar-refractivity contribution in [1.82, 2.24) is 20.1 Å². The molecular formula is C16H20ClN5O. The molecule has 4 N–H and O–H groups in total. The van der Waals surface area contributed by atoms with Gasteiger partial charge < -0.3 is 16.0 Å². The van der Waals surface area contributed by atoms with E-state index in [0.717, 1.165) is 22.2 Å². The molecule has 0 aliphatic rings. The summed E-state index contributed by atoms with van der Waals surface area (Å²) in [6.45, 7) is 0.427. The smallest absolute Gasteiger partial charge is 0.237 e. The number of benzene rings is 1. The van der Waals surface area contributed by atoms with Crippen LogP contribution in [0.5, 0.6) is 0 Å². The number of nitrogens with two attached hydrogens (primary N) is 1. The number of hydrogen-bond donors (Lipinski definition) is 3. The van der Waals surface area contributed by atoms with Crippen LogP contribution in [0, 0.1) is 0 Å². The molecule has 0 radical (unpaired) electrons. The van der Waals surface area contributed by atoms with E-state index in [9.17, 15) is 4.79 Å². The van der Waals surface area contributed by atoms with Crippen molar-refractivity contribution in [3.8, 4) is 0 Å². The van der Waals surface area contributed by atoms with Crippen LogP contribution in [0.25, 0.3) is 10.9 Å². The fourth-order valence-electron chi connectivity index (χ4n) is 2.51. The van der Waals surface area contributed by atoms with E-state index in [0.29, 0.717) is 13.0 Å². The number of carbonyl (C=O) groups is 1. The summed E-state index contributed by atoms with van der Waals surface area (Å²) in [5.41, 5.74) is 9.08. The van der Waals surface area contributed by atoms with E-state index >= 15 is 0 Å². The van der Waals surface area contributed by atoms with Gasteiger partial charge in [-0.15, -0.1) is 12.4 Å². The first kappa shape index (κ1) is 17.1. The zero-order chi connectivity index (χ0) is 15.5. The number of carbonyl (C=O) groups excluding carboxylic acids is 1. The van der Waals surface area contributed by atoms with Crippen LogP contribution in [0.4, 0.5) is 0 Å². The molecule has 1 amide bonds. The van der Waals surface area contributed by atoms with Gasteiger partial charge in [-0.2, -0.15) is 5.10 Å². The molecule has 0 aliphatic carbocycles. The van der Waals surface area contributed by atoms with Crippen LogP contribution in [0.1, 0.15) is 11.3 Å². The Balaban J connectivity index is 0.00000192. The molecule has 122 valence electrons. The molecule has 1 atom stereocenters. The first-order chi connectivity index (χ1) is 10.6. The van der Waals surface area contributed by atoms with Crippen molar-refractivity contribution in [2.24, 2.45) is 12.8 Å². The van der Waals surface area contributed by atoms with Crippen molar-refractivity contribution in [2.45, 2.75) is 19.0 Å². The minimum atomic E-state index is -0.576. The fraction of sp³-hybridized carbons (Fsp3) is 0.250. The molecule has 0 aliphatic heterocycles. The van der Waals surface area contributed by atoms with E-state index in [2.05, 4.69) is 15.4 Å². The Bertz CT molecular complexity index is 794. The molecule has 1 aromatic carbocycles. The number of aromatic nitrogens is 3. The van der Waals surface area contributed by atoms with Crippen LogP contribution in [-0.4, -0.2) is 26.7 Å². The Kier molecular flexibility index (Phi) is 5.41. The maximum Gasteiger partial charge on any atom is 0.237 e. The van der Waals surface area contributed by atoms with Crippen LogP contribution in [0.3, 0.4) is 0 Å². The van der Waals surface area contributed by atoms with E-state index in [1.54, 1.807) is 10.9 Å². The molecule has 0 spiro atoms. The highest BCUT2D eigenvalue weighted by molar-refractivity contribution is 5.86. The lowest BCUT2D eigenvalue weighted by molar-refractivity contribution is -0.122. The zero-order valence-corrected chi connectivity index (χ0v) is 13.6. The lowest BCUT2D eigenvalue weighted by Crippen LogP contribution is -2.41. The van der Waals surface area contributed by atoms with Crippen molar-refractivity contribution in [3.63, 3.8) is 0 Å². The number of fused-ring (bicyclic) bond motifs is 1. The second-order valence-corrected chi connectivity index (χ2v) is 5.33. The van der Waals surface area contributed by atoms with Crippen LogP contribution >= 0.6 is 12.4 Å². The number of H-pyrrole nitrogens is 1. The summed E-state index contributed by atoms with van der Waals surface area (Å²) in [4.78, 5) is 15.3. The Morgan fingerprint density at radius 1 is 1.39 bits per heavy atom. The number of para-hydroxylation sites is 1. The molecule has 3 aromatic rings. The predicted octanol–water partition coefficient (Wildman–Crippen LogP) is 1.51. The molecule has 0 bridgehead atoms. The highest BCUT2D eigenvalue weighted by atomic mass is 35.5. The van der Waals surface area contributed by atoms with Gasteiger partial charge in [0.25, 0.3) is 0 Å². The number of amides is 1. The monoisotopic (exact) mass is 333 g/mol. The van der Waals surface area contributed by atoms with Gasteiger partial charge in [-0.25, -0.2) is 0 Å². The molecular weight excluding hydrogens is 314 g/mol. The average Bonchev–Trinajstić information content (AvgIpc) is 3.12. The maximum atomic E-state index is 12.1. The Hall–Kier alpha value is -2.31. The minimum Gasteiger partial charge on any atom is -0.361 e. The Morgan fingerprint density at radius 3 is 2.91 bits per heavy atom. The van der Waals surface area contributed by atoms with Gasteiger partial charge in [-0.1, -0.05) is 18.2 Å². The van der Waals surface area contributed by atoms with Gasteiger partial charge in [0.2, 0.25) is 5.91 Å². The minimum absolute atomic E-state index is 0. The standard InChI is InChI=1S/C16H19N5O.ClH/c1-21-12(6-7-20-21)10-19-16(22)14(17)8-11-9-18-15-5-3-2-4-13(11)15;/h2-7,9,14,18H,8,10,17H2,1H3,(H,19,22);1H/t14-;/m0./s1. The van der Waals surface area contributed by atoms with Gasteiger partial charge in [-0.3, -0.25) is 9.48 Å². The summed E-state index contributed by atoms with van der Waals surface area (Å²) in [7, 11) is 1.84. The number of rotatable bonds is 5. The molecule has 0 unspecified atom stereocenters. The predicted molar refractivity (Wildman–Crippen MR) is 92.3 cm³/mol. The largest absolute Gasteiger partial charge is 0.361 e. The number of halogens is 1. The summed E-state index contributed by atoms with van der Waals surface area (Å²) < 4.78 is 1.73. The van der Waals surface area contributed by atoms with Gasteiger partial charge >= 0.3 is 0 Å². The second kappa shape index (κ2) is 7.30. The second-order valence-electron chi connectivity index (χ2n) is 5.33. The SMILES string of the molecule is Cl.Cn1nccc1CNC(=O)[C@@H](N)Cc1c[nH]c2ccccc12. The van der Waals surface area contributed by atoms with Crippen molar-refractivity contribution in [2.75, 3.05) is 0 Å². The number of aromatic amines is 1. The van der Waals surface area contributed by atoms with Gasteiger partial charge in [0.1, 0.15) is 0 Å². The first-order valence-electron chi connectivity index (χ1n) is 7.20.